The monoisotopic (exact) mass is 319 g/mol. The highest BCUT2D eigenvalue weighted by Gasteiger charge is 2.30. The van der Waals surface area contributed by atoms with E-state index in [9.17, 15) is 9.90 Å². The number of hydrogen-bond acceptors (Lipinski definition) is 5. The molecular weight excluding hydrogens is 294 g/mol. The number of rotatable bonds is 5. The van der Waals surface area contributed by atoms with Crippen molar-refractivity contribution in [3.8, 4) is 0 Å². The van der Waals surface area contributed by atoms with E-state index in [0.717, 1.165) is 6.54 Å². The Morgan fingerprint density at radius 3 is 2.86 bits per heavy atom. The van der Waals surface area contributed by atoms with Crippen molar-refractivity contribution in [1.29, 1.82) is 0 Å². The summed E-state index contributed by atoms with van der Waals surface area (Å²) in [6, 6.07) is -0.341. The lowest BCUT2D eigenvalue weighted by molar-refractivity contribution is -0.0767. The fraction of sp³-hybridized carbons (Fsp3) is 0.846. The third-order valence-corrected chi connectivity index (χ3v) is 3.73. The highest BCUT2D eigenvalue weighted by Crippen LogP contribution is 2.18. The van der Waals surface area contributed by atoms with Crippen LogP contribution in [0.3, 0.4) is 0 Å². The molecule has 0 aliphatic carbocycles. The lowest BCUT2D eigenvalue weighted by atomic mass is 10.0. The van der Waals surface area contributed by atoms with Gasteiger partial charge in [0.2, 0.25) is 0 Å². The second-order valence-corrected chi connectivity index (χ2v) is 5.30. The fourth-order valence-electron chi connectivity index (χ4n) is 1.83. The van der Waals surface area contributed by atoms with Crippen LogP contribution in [0.25, 0.3) is 0 Å². The molecule has 1 aliphatic rings. The van der Waals surface area contributed by atoms with Gasteiger partial charge in [-0.2, -0.15) is 0 Å². The molecule has 3 atom stereocenters. The Morgan fingerprint density at radius 1 is 1.57 bits per heavy atom. The zero-order chi connectivity index (χ0) is 15.8. The van der Waals surface area contributed by atoms with Crippen LogP contribution in [0, 0.1) is 0 Å². The van der Waals surface area contributed by atoms with Gasteiger partial charge in [0.05, 0.1) is 18.8 Å². The first-order valence-corrected chi connectivity index (χ1v) is 7.60. The topological polar surface area (TPSA) is 83.4 Å². The Kier molecular flexibility index (Phi) is 7.84. The van der Waals surface area contributed by atoms with Crippen LogP contribution in [0.2, 0.25) is 0 Å². The van der Waals surface area contributed by atoms with Crippen LogP contribution in [-0.2, 0) is 9.47 Å². The fourth-order valence-corrected chi connectivity index (χ4v) is 2.12. The Balaban J connectivity index is 2.42. The lowest BCUT2D eigenvalue weighted by Crippen LogP contribution is -2.43. The summed E-state index contributed by atoms with van der Waals surface area (Å²) in [4.78, 5) is 17.4. The van der Waals surface area contributed by atoms with E-state index in [-0.39, 0.29) is 25.4 Å². The molecule has 1 amide bonds. The number of nitrogens with zero attached hydrogens (tertiary/aromatic N) is 2. The number of amidine groups is 1. The second kappa shape index (κ2) is 9.11. The van der Waals surface area contributed by atoms with Crippen molar-refractivity contribution in [3.05, 3.63) is 0 Å². The highest BCUT2D eigenvalue weighted by atomic mass is 32.1. The smallest absolute Gasteiger partial charge is 0.407 e. The summed E-state index contributed by atoms with van der Waals surface area (Å²) in [6.45, 7) is 5.52. The maximum absolute atomic E-state index is 11.2. The van der Waals surface area contributed by atoms with Gasteiger partial charge < -0.3 is 24.8 Å². The van der Waals surface area contributed by atoms with Crippen molar-refractivity contribution < 1.29 is 19.4 Å². The van der Waals surface area contributed by atoms with Crippen LogP contribution in [0.4, 0.5) is 4.79 Å². The van der Waals surface area contributed by atoms with E-state index in [2.05, 4.69) is 22.9 Å². The minimum Gasteiger partial charge on any atom is -0.447 e. The van der Waals surface area contributed by atoms with E-state index < -0.39 is 12.2 Å². The van der Waals surface area contributed by atoms with Crippen molar-refractivity contribution in [1.82, 2.24) is 10.2 Å². The van der Waals surface area contributed by atoms with Crippen LogP contribution >= 0.6 is 12.6 Å². The van der Waals surface area contributed by atoms with Gasteiger partial charge >= 0.3 is 6.09 Å². The van der Waals surface area contributed by atoms with E-state index in [0.29, 0.717) is 18.1 Å². The molecule has 1 fully saturated rings. The number of aliphatic hydroxyl groups is 1. The summed E-state index contributed by atoms with van der Waals surface area (Å²) >= 11 is 4.30. The van der Waals surface area contributed by atoms with Crippen molar-refractivity contribution in [3.63, 3.8) is 0 Å². The average molecular weight is 319 g/mol. The predicted octanol–water partition coefficient (Wildman–Crippen LogP) is 0.488. The molecule has 122 valence electrons. The van der Waals surface area contributed by atoms with Crippen LogP contribution in [-0.4, -0.2) is 72.9 Å². The number of aliphatic hydroxyl groups excluding tert-OH is 1. The summed E-state index contributed by atoms with van der Waals surface area (Å²) < 4.78 is 10.6. The summed E-state index contributed by atoms with van der Waals surface area (Å²) in [5.74, 6) is 0. The largest absolute Gasteiger partial charge is 0.447 e. The highest BCUT2D eigenvalue weighted by molar-refractivity contribution is 7.96. The quantitative estimate of drug-likeness (QED) is 0.390. The van der Waals surface area contributed by atoms with Gasteiger partial charge in [-0.05, 0) is 13.8 Å². The molecule has 0 radical (unpaired) electrons. The summed E-state index contributed by atoms with van der Waals surface area (Å²) in [5, 5.41) is 13.2. The van der Waals surface area contributed by atoms with Gasteiger partial charge in [-0.1, -0.05) is 0 Å². The lowest BCUT2D eigenvalue weighted by Gasteiger charge is -2.31. The first kappa shape index (κ1) is 18.1. The van der Waals surface area contributed by atoms with Gasteiger partial charge in [0.1, 0.15) is 12.6 Å². The summed E-state index contributed by atoms with van der Waals surface area (Å²) in [7, 11) is 1.88. The van der Waals surface area contributed by atoms with Gasteiger partial charge in [-0.3, -0.25) is 4.99 Å². The zero-order valence-corrected chi connectivity index (χ0v) is 13.7. The number of aliphatic imine (C=N–C) groups is 1. The minimum atomic E-state index is -0.631. The standard InChI is InChI=1S/C13H25N3O4S/c1-4-14-13(18)20-7-9-6-11(17)10(8-19-9)15-12(21)16(3)5-2/h9-11,17H,4-8H2,1-3H3,(H,14,18)(H,15,21)/t9-,10-,11-/m0/s1. The van der Waals surface area contributed by atoms with E-state index >= 15 is 0 Å². The first-order valence-electron chi connectivity index (χ1n) is 7.16. The number of amides is 1. The second-order valence-electron chi connectivity index (χ2n) is 4.90. The molecule has 7 nitrogen and oxygen atoms in total. The van der Waals surface area contributed by atoms with Crippen molar-refractivity contribution in [2.45, 2.75) is 38.5 Å². The van der Waals surface area contributed by atoms with Crippen molar-refractivity contribution in [2.75, 3.05) is 33.4 Å². The maximum atomic E-state index is 11.2. The number of hydrogen-bond donors (Lipinski definition) is 3. The van der Waals surface area contributed by atoms with Crippen LogP contribution in [0.5, 0.6) is 0 Å². The SMILES string of the molecule is CCNC(=O)OC[C@@H]1C[C@H](O)[C@@H](/N=C(\S)N(C)CC)CO1. The van der Waals surface area contributed by atoms with Gasteiger partial charge in [-0.25, -0.2) is 4.79 Å². The van der Waals surface area contributed by atoms with Crippen LogP contribution < -0.4 is 5.32 Å². The molecule has 0 spiro atoms. The van der Waals surface area contributed by atoms with Crippen molar-refractivity contribution in [2.24, 2.45) is 4.99 Å². The number of carbonyl (C=O) groups is 1. The molecule has 1 heterocycles. The van der Waals surface area contributed by atoms with Crippen molar-refractivity contribution >= 4 is 23.9 Å². The van der Waals surface area contributed by atoms with Gasteiger partial charge in [0.15, 0.2) is 5.17 Å². The average Bonchev–Trinajstić information content (AvgIpc) is 2.47. The number of carbonyl (C=O) groups excluding carboxylic acids is 1. The summed E-state index contributed by atoms with van der Waals surface area (Å²) in [6.07, 6.45) is -1.03. The Bertz CT molecular complexity index is 367. The van der Waals surface area contributed by atoms with E-state index in [1.165, 1.54) is 0 Å². The number of thiol groups is 1. The van der Waals surface area contributed by atoms with E-state index in [4.69, 9.17) is 9.47 Å². The Labute approximate surface area is 131 Å². The molecular formula is C13H25N3O4S. The van der Waals surface area contributed by atoms with Crippen LogP contribution in [0.15, 0.2) is 4.99 Å². The molecule has 1 saturated heterocycles. The zero-order valence-electron chi connectivity index (χ0n) is 12.8. The summed E-state index contributed by atoms with van der Waals surface area (Å²) in [5.41, 5.74) is 0. The third-order valence-electron chi connectivity index (χ3n) is 3.27. The van der Waals surface area contributed by atoms with Crippen LogP contribution in [0.1, 0.15) is 20.3 Å². The minimum absolute atomic E-state index is 0.127. The molecule has 2 N–H and O–H groups in total. The molecule has 8 heteroatoms. The number of nitrogens with one attached hydrogen (secondary N) is 1. The molecule has 0 aromatic rings. The molecule has 0 aromatic carbocycles. The maximum Gasteiger partial charge on any atom is 0.407 e. The Hall–Kier alpha value is -0.990. The normalized spacial score (nSPS) is 26.3. The molecule has 1 rings (SSSR count). The van der Waals surface area contributed by atoms with E-state index in [1.807, 2.05) is 25.8 Å². The molecule has 1 aliphatic heterocycles. The number of ether oxygens (including phenoxy) is 2. The van der Waals surface area contributed by atoms with Gasteiger partial charge in [0.25, 0.3) is 0 Å². The van der Waals surface area contributed by atoms with E-state index in [1.54, 1.807) is 0 Å². The van der Waals surface area contributed by atoms with Gasteiger partial charge in [0, 0.05) is 26.6 Å². The molecule has 0 bridgehead atoms. The number of alkyl carbamates (subject to hydrolysis) is 1. The third kappa shape index (κ3) is 6.11. The molecule has 0 saturated carbocycles. The molecule has 21 heavy (non-hydrogen) atoms. The Morgan fingerprint density at radius 2 is 2.29 bits per heavy atom. The molecule has 0 unspecified atom stereocenters. The first-order chi connectivity index (χ1) is 9.97. The molecule has 0 aromatic heterocycles. The predicted molar refractivity (Wildman–Crippen MR) is 83.9 cm³/mol. The van der Waals surface area contributed by atoms with Gasteiger partial charge in [-0.15, -0.1) is 12.6 Å².